The molecule has 2 N–H and O–H groups in total. The van der Waals surface area contributed by atoms with Crippen molar-refractivity contribution >= 4 is 11.8 Å². The molecule has 24 heavy (non-hydrogen) atoms. The first-order chi connectivity index (χ1) is 11.4. The maximum absolute atomic E-state index is 12.4. The molecule has 1 unspecified atom stereocenters. The van der Waals surface area contributed by atoms with Gasteiger partial charge in [0.1, 0.15) is 28.9 Å². The summed E-state index contributed by atoms with van der Waals surface area (Å²) in [7, 11) is 0. The molecule has 1 aromatic carbocycles. The molecular weight excluding hydrogens is 312 g/mol. The summed E-state index contributed by atoms with van der Waals surface area (Å²) < 4.78 is 11.0. The van der Waals surface area contributed by atoms with E-state index in [0.29, 0.717) is 18.4 Å². The molecule has 2 heterocycles. The molecule has 0 spiro atoms. The van der Waals surface area contributed by atoms with Gasteiger partial charge in [0.05, 0.1) is 12.2 Å². The van der Waals surface area contributed by atoms with E-state index < -0.39 is 5.97 Å². The largest absolute Gasteiger partial charge is 0.508 e. The predicted octanol–water partition coefficient (Wildman–Crippen LogP) is 2.49. The number of cyclic esters (lactones) is 1. The fourth-order valence-corrected chi connectivity index (χ4v) is 3.27. The number of hydrogen-bond donors (Lipinski definition) is 2. The number of phenols is 2. The zero-order valence-electron chi connectivity index (χ0n) is 13.7. The maximum atomic E-state index is 12.4. The van der Waals surface area contributed by atoms with E-state index in [0.717, 1.165) is 25.3 Å². The van der Waals surface area contributed by atoms with Crippen LogP contribution in [0.25, 0.3) is 0 Å². The second kappa shape index (κ2) is 6.81. The van der Waals surface area contributed by atoms with Crippen molar-refractivity contribution < 1.29 is 29.3 Å². The number of rotatable bonds is 0. The Hall–Kier alpha value is -2.08. The molecule has 2 aliphatic rings. The second-order valence-corrected chi connectivity index (χ2v) is 6.62. The van der Waals surface area contributed by atoms with E-state index in [1.54, 1.807) is 6.92 Å². The van der Waals surface area contributed by atoms with Crippen LogP contribution in [0.15, 0.2) is 12.1 Å². The first-order valence-corrected chi connectivity index (χ1v) is 8.37. The third-order valence-corrected chi connectivity index (χ3v) is 4.53. The van der Waals surface area contributed by atoms with Gasteiger partial charge < -0.3 is 19.7 Å². The molecule has 0 amide bonds. The highest BCUT2D eigenvalue weighted by Gasteiger charge is 2.39. The van der Waals surface area contributed by atoms with Gasteiger partial charge in [0.15, 0.2) is 0 Å². The average molecular weight is 334 g/mol. The fourth-order valence-electron chi connectivity index (χ4n) is 3.27. The molecule has 2 aliphatic heterocycles. The Morgan fingerprint density at radius 2 is 1.92 bits per heavy atom. The molecule has 0 aromatic heterocycles. The first kappa shape index (κ1) is 16.8. The number of esters is 1. The van der Waals surface area contributed by atoms with Crippen LogP contribution in [-0.2, 0) is 20.7 Å². The second-order valence-electron chi connectivity index (χ2n) is 6.62. The zero-order valence-corrected chi connectivity index (χ0v) is 13.7. The molecule has 6 heteroatoms. The van der Waals surface area contributed by atoms with Gasteiger partial charge in [-0.2, -0.15) is 0 Å². The van der Waals surface area contributed by atoms with Crippen LogP contribution in [0.2, 0.25) is 0 Å². The standard InChI is InChI=1S/C18H22O6/c1-10-6-16-15(24-16)5-3-2-4-12(19)7-11-8-13(20)9-14(21)17(11)18(22)23-10/h8-10,15-16,20-21H,2-7H2,1H3/t10?,15-,16-/m0/s1. The van der Waals surface area contributed by atoms with Crippen LogP contribution in [0.3, 0.4) is 0 Å². The third-order valence-electron chi connectivity index (χ3n) is 4.53. The monoisotopic (exact) mass is 334 g/mol. The fraction of sp³-hybridized carbons (Fsp3) is 0.556. The van der Waals surface area contributed by atoms with Gasteiger partial charge in [0.2, 0.25) is 0 Å². The summed E-state index contributed by atoms with van der Waals surface area (Å²) in [5, 5.41) is 19.7. The smallest absolute Gasteiger partial charge is 0.342 e. The predicted molar refractivity (Wildman–Crippen MR) is 85.1 cm³/mol. The number of carbonyl (C=O) groups excluding carboxylic acids is 2. The van der Waals surface area contributed by atoms with Crippen molar-refractivity contribution in [3.63, 3.8) is 0 Å². The van der Waals surface area contributed by atoms with Gasteiger partial charge in [-0.05, 0) is 31.4 Å². The molecule has 1 fully saturated rings. The summed E-state index contributed by atoms with van der Waals surface area (Å²) in [5.41, 5.74) is 0.255. The van der Waals surface area contributed by atoms with E-state index in [1.807, 2.05) is 0 Å². The first-order valence-electron chi connectivity index (χ1n) is 8.37. The Labute approximate surface area is 140 Å². The van der Waals surface area contributed by atoms with E-state index in [2.05, 4.69) is 0 Å². The van der Waals surface area contributed by atoms with Gasteiger partial charge in [-0.1, -0.05) is 6.42 Å². The maximum Gasteiger partial charge on any atom is 0.342 e. The van der Waals surface area contributed by atoms with Crippen LogP contribution in [-0.4, -0.2) is 40.3 Å². The van der Waals surface area contributed by atoms with Gasteiger partial charge in [-0.25, -0.2) is 4.79 Å². The van der Waals surface area contributed by atoms with E-state index >= 15 is 0 Å². The lowest BCUT2D eigenvalue weighted by atomic mass is 9.97. The van der Waals surface area contributed by atoms with E-state index in [-0.39, 0.29) is 47.6 Å². The molecule has 0 bridgehead atoms. The van der Waals surface area contributed by atoms with Crippen LogP contribution in [0.4, 0.5) is 0 Å². The summed E-state index contributed by atoms with van der Waals surface area (Å²) in [6, 6.07) is 2.42. The molecule has 0 aliphatic carbocycles. The number of hydrogen-bond acceptors (Lipinski definition) is 6. The molecule has 0 saturated carbocycles. The highest BCUT2D eigenvalue weighted by Crippen LogP contribution is 2.33. The van der Waals surface area contributed by atoms with Crippen LogP contribution < -0.4 is 0 Å². The molecule has 3 atom stereocenters. The highest BCUT2D eigenvalue weighted by atomic mass is 16.6. The molecule has 0 radical (unpaired) electrons. The highest BCUT2D eigenvalue weighted by molar-refractivity contribution is 5.96. The van der Waals surface area contributed by atoms with Crippen molar-refractivity contribution in [1.82, 2.24) is 0 Å². The molecule has 130 valence electrons. The number of phenolic OH excluding ortho intramolecular Hbond substituents is 2. The van der Waals surface area contributed by atoms with Crippen molar-refractivity contribution in [3.05, 3.63) is 23.3 Å². The molecule has 6 nitrogen and oxygen atoms in total. The number of ketones is 1. The van der Waals surface area contributed by atoms with Crippen molar-refractivity contribution in [1.29, 1.82) is 0 Å². The number of Topliss-reactive ketones (excluding diaryl/α,β-unsaturated/α-hetero) is 1. The quantitative estimate of drug-likeness (QED) is 0.559. The minimum atomic E-state index is -0.683. The summed E-state index contributed by atoms with van der Waals surface area (Å²) >= 11 is 0. The summed E-state index contributed by atoms with van der Waals surface area (Å²) in [5.74, 6) is -1.28. The minimum absolute atomic E-state index is 0.0106. The number of benzene rings is 1. The lowest BCUT2D eigenvalue weighted by molar-refractivity contribution is -0.118. The number of carbonyl (C=O) groups is 2. The number of ether oxygens (including phenoxy) is 2. The number of fused-ring (bicyclic) bond motifs is 2. The minimum Gasteiger partial charge on any atom is -0.508 e. The average Bonchev–Trinajstić information content (AvgIpc) is 3.19. The van der Waals surface area contributed by atoms with Gasteiger partial charge in [0, 0.05) is 25.3 Å². The van der Waals surface area contributed by atoms with Crippen molar-refractivity contribution in [3.8, 4) is 11.5 Å². The normalized spacial score (nSPS) is 28.3. The van der Waals surface area contributed by atoms with Gasteiger partial charge >= 0.3 is 5.97 Å². The van der Waals surface area contributed by atoms with Gasteiger partial charge in [-0.15, -0.1) is 0 Å². The van der Waals surface area contributed by atoms with Crippen LogP contribution in [0.1, 0.15) is 54.9 Å². The Bertz CT molecular complexity index is 653. The Balaban J connectivity index is 1.87. The Kier molecular flexibility index (Phi) is 4.76. The number of epoxide rings is 1. The molecular formula is C18H22O6. The summed E-state index contributed by atoms with van der Waals surface area (Å²) in [6.07, 6.45) is 3.54. The van der Waals surface area contributed by atoms with Gasteiger partial charge in [0.25, 0.3) is 0 Å². The Morgan fingerprint density at radius 3 is 2.71 bits per heavy atom. The van der Waals surface area contributed by atoms with E-state index in [9.17, 15) is 19.8 Å². The van der Waals surface area contributed by atoms with E-state index in [4.69, 9.17) is 9.47 Å². The van der Waals surface area contributed by atoms with Crippen molar-refractivity contribution in [2.24, 2.45) is 0 Å². The summed E-state index contributed by atoms with van der Waals surface area (Å²) in [4.78, 5) is 24.6. The van der Waals surface area contributed by atoms with E-state index in [1.165, 1.54) is 6.07 Å². The van der Waals surface area contributed by atoms with Crippen LogP contribution >= 0.6 is 0 Å². The summed E-state index contributed by atoms with van der Waals surface area (Å²) in [6.45, 7) is 1.78. The van der Waals surface area contributed by atoms with Crippen LogP contribution in [0.5, 0.6) is 11.5 Å². The topological polar surface area (TPSA) is 96.4 Å². The molecule has 3 rings (SSSR count). The van der Waals surface area contributed by atoms with Crippen LogP contribution in [0, 0.1) is 0 Å². The van der Waals surface area contributed by atoms with Crippen molar-refractivity contribution in [2.75, 3.05) is 0 Å². The van der Waals surface area contributed by atoms with Gasteiger partial charge in [-0.3, -0.25) is 4.79 Å². The molecule has 1 aromatic rings. The Morgan fingerprint density at radius 1 is 1.12 bits per heavy atom. The molecule has 1 saturated heterocycles. The van der Waals surface area contributed by atoms with Crippen molar-refractivity contribution in [2.45, 2.75) is 63.8 Å². The lowest BCUT2D eigenvalue weighted by Crippen LogP contribution is -2.20. The lowest BCUT2D eigenvalue weighted by Gasteiger charge is -2.16. The SMILES string of the molecule is CC1C[C@@H]2O[C@H]2CCCCC(=O)Cc2cc(O)cc(O)c2C(=O)O1. The number of aromatic hydroxyl groups is 2. The zero-order chi connectivity index (χ0) is 17.3. The third kappa shape index (κ3) is 3.87.